The fourth-order valence-electron chi connectivity index (χ4n) is 1.07. The Morgan fingerprint density at radius 2 is 1.85 bits per heavy atom. The van der Waals surface area contributed by atoms with Crippen LogP contribution in [0, 0.1) is 6.92 Å². The molecule has 0 saturated heterocycles. The Morgan fingerprint density at radius 1 is 1.31 bits per heavy atom. The van der Waals surface area contributed by atoms with Crippen LogP contribution in [0.4, 0.5) is 13.2 Å². The van der Waals surface area contributed by atoms with Crippen LogP contribution < -0.4 is 0 Å². The highest BCUT2D eigenvalue weighted by molar-refractivity contribution is 5.12. The average molecular weight is 193 g/mol. The van der Waals surface area contributed by atoms with Gasteiger partial charge in [-0.15, -0.1) is 5.10 Å². The maximum Gasteiger partial charge on any atom is 0.434 e. The van der Waals surface area contributed by atoms with Crippen molar-refractivity contribution in [2.45, 2.75) is 33.0 Å². The molecule has 0 amide bonds. The number of aromatic nitrogens is 3. The number of aryl methyl sites for hydroxylation is 1. The molecule has 0 spiro atoms. The van der Waals surface area contributed by atoms with Gasteiger partial charge in [-0.05, 0) is 20.8 Å². The predicted molar refractivity (Wildman–Crippen MR) is 40.1 cm³/mol. The minimum atomic E-state index is -4.38. The van der Waals surface area contributed by atoms with E-state index >= 15 is 0 Å². The second-order valence-electron chi connectivity index (χ2n) is 3.06. The van der Waals surface area contributed by atoms with Crippen LogP contribution in [0.3, 0.4) is 0 Å². The fraction of sp³-hybridized carbons (Fsp3) is 0.714. The third-order valence-electron chi connectivity index (χ3n) is 1.62. The molecular weight excluding hydrogens is 183 g/mol. The largest absolute Gasteiger partial charge is 0.434 e. The maximum absolute atomic E-state index is 12.4. The zero-order valence-electron chi connectivity index (χ0n) is 7.55. The highest BCUT2D eigenvalue weighted by Crippen LogP contribution is 2.31. The van der Waals surface area contributed by atoms with Crippen LogP contribution in [-0.2, 0) is 6.18 Å². The fourth-order valence-corrected chi connectivity index (χ4v) is 1.07. The van der Waals surface area contributed by atoms with Crippen LogP contribution in [-0.4, -0.2) is 15.0 Å². The van der Waals surface area contributed by atoms with Gasteiger partial charge < -0.3 is 0 Å². The summed E-state index contributed by atoms with van der Waals surface area (Å²) in [5, 5.41) is 6.83. The Labute approximate surface area is 73.5 Å². The summed E-state index contributed by atoms with van der Waals surface area (Å²) >= 11 is 0. The summed E-state index contributed by atoms with van der Waals surface area (Å²) in [5.41, 5.74) is -0.844. The zero-order chi connectivity index (χ0) is 10.2. The molecule has 0 aliphatic rings. The Kier molecular flexibility index (Phi) is 2.32. The number of alkyl halides is 3. The lowest BCUT2D eigenvalue weighted by atomic mass is 10.3. The van der Waals surface area contributed by atoms with Crippen molar-refractivity contribution in [2.24, 2.45) is 0 Å². The van der Waals surface area contributed by atoms with Gasteiger partial charge in [-0.2, -0.15) is 13.2 Å². The molecule has 0 saturated carbocycles. The maximum atomic E-state index is 12.4. The van der Waals surface area contributed by atoms with E-state index in [0.717, 1.165) is 4.68 Å². The molecule has 13 heavy (non-hydrogen) atoms. The van der Waals surface area contributed by atoms with Crippen LogP contribution in [0.25, 0.3) is 0 Å². The molecule has 0 unspecified atom stereocenters. The Morgan fingerprint density at radius 3 is 2.15 bits per heavy atom. The molecule has 1 heterocycles. The van der Waals surface area contributed by atoms with Gasteiger partial charge in [-0.1, -0.05) is 5.21 Å². The molecule has 0 aliphatic carbocycles. The lowest BCUT2D eigenvalue weighted by Gasteiger charge is -2.12. The van der Waals surface area contributed by atoms with E-state index in [1.165, 1.54) is 6.92 Å². The lowest BCUT2D eigenvalue weighted by Crippen LogP contribution is -2.17. The molecule has 74 valence electrons. The van der Waals surface area contributed by atoms with E-state index in [-0.39, 0.29) is 11.7 Å². The normalized spacial score (nSPS) is 12.5. The van der Waals surface area contributed by atoms with Gasteiger partial charge in [-0.25, -0.2) is 4.68 Å². The predicted octanol–water partition coefficient (Wildman–Crippen LogP) is 2.19. The first kappa shape index (κ1) is 10.0. The molecule has 0 atom stereocenters. The highest BCUT2D eigenvalue weighted by atomic mass is 19.4. The molecule has 0 aromatic carbocycles. The second kappa shape index (κ2) is 3.01. The summed E-state index contributed by atoms with van der Waals surface area (Å²) in [6.07, 6.45) is -4.38. The van der Waals surface area contributed by atoms with Gasteiger partial charge in [0.2, 0.25) is 0 Å². The van der Waals surface area contributed by atoms with E-state index in [1.54, 1.807) is 13.8 Å². The Balaban J connectivity index is 3.25. The third-order valence-corrected chi connectivity index (χ3v) is 1.62. The molecule has 0 fully saturated rings. The van der Waals surface area contributed by atoms with Crippen molar-refractivity contribution in [3.63, 3.8) is 0 Å². The van der Waals surface area contributed by atoms with Crippen molar-refractivity contribution in [3.05, 3.63) is 11.4 Å². The smallest absolute Gasteiger partial charge is 0.237 e. The van der Waals surface area contributed by atoms with Crippen LogP contribution in [0.15, 0.2) is 0 Å². The minimum Gasteiger partial charge on any atom is -0.237 e. The molecule has 0 N–H and O–H groups in total. The number of rotatable bonds is 1. The van der Waals surface area contributed by atoms with Crippen molar-refractivity contribution in [2.75, 3.05) is 0 Å². The van der Waals surface area contributed by atoms with E-state index in [4.69, 9.17) is 0 Å². The first-order valence-electron chi connectivity index (χ1n) is 3.83. The standard InChI is InChI=1S/C7H10F3N3/c1-4(2)13-6(7(8,9)10)5(3)11-12-13/h4H,1-3H3. The summed E-state index contributed by atoms with van der Waals surface area (Å²) in [4.78, 5) is 0. The van der Waals surface area contributed by atoms with Gasteiger partial charge in [0.1, 0.15) is 0 Å². The molecule has 0 radical (unpaired) electrons. The van der Waals surface area contributed by atoms with Crippen molar-refractivity contribution in [1.82, 2.24) is 15.0 Å². The van der Waals surface area contributed by atoms with Crippen molar-refractivity contribution < 1.29 is 13.2 Å². The van der Waals surface area contributed by atoms with Crippen molar-refractivity contribution in [1.29, 1.82) is 0 Å². The molecule has 3 nitrogen and oxygen atoms in total. The number of nitrogens with zero attached hydrogens (tertiary/aromatic N) is 3. The first-order chi connectivity index (χ1) is 5.84. The van der Waals surface area contributed by atoms with Gasteiger partial charge in [0, 0.05) is 6.04 Å². The van der Waals surface area contributed by atoms with E-state index < -0.39 is 11.9 Å². The first-order valence-corrected chi connectivity index (χ1v) is 3.83. The Hall–Kier alpha value is -1.07. The molecular formula is C7H10F3N3. The lowest BCUT2D eigenvalue weighted by molar-refractivity contribution is -0.145. The van der Waals surface area contributed by atoms with Crippen LogP contribution in [0.5, 0.6) is 0 Å². The summed E-state index contributed by atoms with van der Waals surface area (Å²) in [7, 11) is 0. The summed E-state index contributed by atoms with van der Waals surface area (Å²) in [6, 6.07) is -0.335. The molecule has 6 heteroatoms. The van der Waals surface area contributed by atoms with Gasteiger partial charge >= 0.3 is 6.18 Å². The minimum absolute atomic E-state index is 0.0822. The molecule has 0 bridgehead atoms. The number of halogens is 3. The van der Waals surface area contributed by atoms with Crippen LogP contribution in [0.1, 0.15) is 31.3 Å². The molecule has 0 aliphatic heterocycles. The summed E-state index contributed by atoms with van der Waals surface area (Å²) < 4.78 is 38.1. The van der Waals surface area contributed by atoms with Crippen LogP contribution in [0.2, 0.25) is 0 Å². The summed E-state index contributed by atoms with van der Waals surface area (Å²) in [5.74, 6) is 0. The van der Waals surface area contributed by atoms with Gasteiger partial charge in [0.15, 0.2) is 5.69 Å². The highest BCUT2D eigenvalue weighted by Gasteiger charge is 2.38. The van der Waals surface area contributed by atoms with E-state index in [1.807, 2.05) is 0 Å². The molecule has 1 rings (SSSR count). The molecule has 1 aromatic rings. The third kappa shape index (κ3) is 1.81. The number of hydrogen-bond donors (Lipinski definition) is 0. The Bertz CT molecular complexity index is 300. The van der Waals surface area contributed by atoms with Gasteiger partial charge in [0.25, 0.3) is 0 Å². The van der Waals surface area contributed by atoms with Gasteiger partial charge in [0.05, 0.1) is 5.69 Å². The van der Waals surface area contributed by atoms with E-state index in [9.17, 15) is 13.2 Å². The number of hydrogen-bond acceptors (Lipinski definition) is 2. The van der Waals surface area contributed by atoms with Crippen molar-refractivity contribution in [3.8, 4) is 0 Å². The van der Waals surface area contributed by atoms with E-state index in [0.29, 0.717) is 0 Å². The average Bonchev–Trinajstić information content (AvgIpc) is 2.28. The van der Waals surface area contributed by atoms with Crippen molar-refractivity contribution >= 4 is 0 Å². The van der Waals surface area contributed by atoms with Crippen LogP contribution >= 0.6 is 0 Å². The van der Waals surface area contributed by atoms with E-state index in [2.05, 4.69) is 10.3 Å². The topological polar surface area (TPSA) is 30.7 Å². The monoisotopic (exact) mass is 193 g/mol. The summed E-state index contributed by atoms with van der Waals surface area (Å²) in [6.45, 7) is 4.56. The van der Waals surface area contributed by atoms with Gasteiger partial charge in [-0.3, -0.25) is 0 Å². The second-order valence-corrected chi connectivity index (χ2v) is 3.06. The zero-order valence-corrected chi connectivity index (χ0v) is 7.55. The molecule has 1 aromatic heterocycles. The SMILES string of the molecule is Cc1nnn(C(C)C)c1C(F)(F)F. The quantitative estimate of drug-likeness (QED) is 0.684.